The molecule has 6 heteroatoms. The standard InChI is InChI=1S/C6H7N5S/c1-3-4(2)7-6-8-9-10-11(6)5(3)12/h1-2H3,(H,7,8,10). The Bertz CT molecular complexity index is 482. The number of nitrogens with one attached hydrogen (secondary N) is 1. The van der Waals surface area contributed by atoms with Crippen LogP contribution in [0, 0.1) is 18.5 Å². The second-order valence-electron chi connectivity index (χ2n) is 2.56. The van der Waals surface area contributed by atoms with Gasteiger partial charge in [0.05, 0.1) is 0 Å². The van der Waals surface area contributed by atoms with Crippen molar-refractivity contribution in [3.63, 3.8) is 0 Å². The first-order valence-electron chi connectivity index (χ1n) is 3.47. The van der Waals surface area contributed by atoms with Crippen molar-refractivity contribution in [2.45, 2.75) is 13.8 Å². The lowest BCUT2D eigenvalue weighted by atomic mass is 10.3. The number of rotatable bonds is 0. The van der Waals surface area contributed by atoms with Crippen LogP contribution in [0.15, 0.2) is 0 Å². The van der Waals surface area contributed by atoms with Crippen molar-refractivity contribution >= 4 is 18.0 Å². The van der Waals surface area contributed by atoms with Crippen LogP contribution in [0.5, 0.6) is 0 Å². The summed E-state index contributed by atoms with van der Waals surface area (Å²) in [5.41, 5.74) is 1.88. The van der Waals surface area contributed by atoms with Gasteiger partial charge in [-0.25, -0.2) is 4.98 Å². The minimum absolute atomic E-state index is 0.517. The van der Waals surface area contributed by atoms with E-state index in [9.17, 15) is 0 Å². The molecule has 2 aromatic heterocycles. The van der Waals surface area contributed by atoms with E-state index >= 15 is 0 Å². The maximum Gasteiger partial charge on any atom is 0.272 e. The monoisotopic (exact) mass is 181 g/mol. The van der Waals surface area contributed by atoms with E-state index in [1.54, 1.807) is 4.52 Å². The molecule has 0 spiro atoms. The van der Waals surface area contributed by atoms with Crippen LogP contribution < -0.4 is 0 Å². The molecule has 0 radical (unpaired) electrons. The number of H-pyrrole nitrogens is 1. The molecule has 0 bridgehead atoms. The van der Waals surface area contributed by atoms with Crippen LogP contribution in [-0.2, 0) is 0 Å². The summed E-state index contributed by atoms with van der Waals surface area (Å²) in [4.78, 5) is 4.19. The van der Waals surface area contributed by atoms with E-state index < -0.39 is 0 Å². The van der Waals surface area contributed by atoms with Crippen molar-refractivity contribution in [2.24, 2.45) is 0 Å². The predicted molar refractivity (Wildman–Crippen MR) is 45.4 cm³/mol. The Morgan fingerprint density at radius 2 is 2.17 bits per heavy atom. The lowest BCUT2D eigenvalue weighted by Crippen LogP contribution is -1.98. The Kier molecular flexibility index (Phi) is 1.44. The topological polar surface area (TPSA) is 58.9 Å². The zero-order valence-electron chi connectivity index (χ0n) is 6.70. The summed E-state index contributed by atoms with van der Waals surface area (Å²) in [5, 5.41) is 10.0. The molecule has 0 aliphatic carbocycles. The number of fused-ring (bicyclic) bond motifs is 1. The Hall–Kier alpha value is -1.30. The maximum absolute atomic E-state index is 5.15. The van der Waals surface area contributed by atoms with E-state index in [2.05, 4.69) is 20.5 Å². The van der Waals surface area contributed by atoms with Gasteiger partial charge in [-0.15, -0.1) is 0 Å². The van der Waals surface area contributed by atoms with Crippen LogP contribution in [0.2, 0.25) is 0 Å². The fourth-order valence-electron chi connectivity index (χ4n) is 0.966. The molecule has 0 amide bonds. The lowest BCUT2D eigenvalue weighted by molar-refractivity contribution is 0.806. The highest BCUT2D eigenvalue weighted by molar-refractivity contribution is 7.71. The average molecular weight is 181 g/mol. The summed E-state index contributed by atoms with van der Waals surface area (Å²) in [5.74, 6) is 0.517. The molecule has 12 heavy (non-hydrogen) atoms. The van der Waals surface area contributed by atoms with Gasteiger partial charge in [0, 0.05) is 11.3 Å². The number of tetrazole rings is 1. The van der Waals surface area contributed by atoms with E-state index in [1.807, 2.05) is 13.8 Å². The van der Waals surface area contributed by atoms with Gasteiger partial charge in [-0.3, -0.25) is 0 Å². The summed E-state index contributed by atoms with van der Waals surface area (Å²) in [6, 6.07) is 0. The van der Waals surface area contributed by atoms with Crippen LogP contribution in [0.1, 0.15) is 11.3 Å². The van der Waals surface area contributed by atoms with Gasteiger partial charge in [0.1, 0.15) is 4.64 Å². The molecule has 0 saturated heterocycles. The third-order valence-electron chi connectivity index (χ3n) is 1.82. The van der Waals surface area contributed by atoms with Crippen LogP contribution in [0.4, 0.5) is 0 Å². The largest absolute Gasteiger partial charge is 0.272 e. The number of hydrogen-bond acceptors (Lipinski definition) is 4. The minimum atomic E-state index is 0.517. The second kappa shape index (κ2) is 2.34. The first kappa shape index (κ1) is 7.35. The van der Waals surface area contributed by atoms with Gasteiger partial charge in [0.25, 0.3) is 5.78 Å². The number of aromatic amines is 1. The Labute approximate surface area is 73.4 Å². The molecule has 0 aliphatic rings. The molecule has 0 aliphatic heterocycles. The van der Waals surface area contributed by atoms with Gasteiger partial charge < -0.3 is 0 Å². The molecular weight excluding hydrogens is 174 g/mol. The van der Waals surface area contributed by atoms with Crippen molar-refractivity contribution in [3.05, 3.63) is 15.9 Å². The van der Waals surface area contributed by atoms with Crippen LogP contribution in [0.25, 0.3) is 5.78 Å². The molecule has 0 unspecified atom stereocenters. The average Bonchev–Trinajstić information content (AvgIpc) is 2.48. The summed E-state index contributed by atoms with van der Waals surface area (Å²) in [7, 11) is 0. The van der Waals surface area contributed by atoms with Gasteiger partial charge >= 0.3 is 0 Å². The van der Waals surface area contributed by atoms with Gasteiger partial charge in [0.2, 0.25) is 0 Å². The summed E-state index contributed by atoms with van der Waals surface area (Å²) >= 11 is 5.15. The molecule has 0 saturated carbocycles. The van der Waals surface area contributed by atoms with Crippen molar-refractivity contribution in [3.8, 4) is 0 Å². The Balaban J connectivity index is 3.05. The zero-order valence-corrected chi connectivity index (χ0v) is 7.51. The minimum Gasteiger partial charge on any atom is -0.215 e. The van der Waals surface area contributed by atoms with Crippen molar-refractivity contribution < 1.29 is 0 Å². The quantitative estimate of drug-likeness (QED) is 0.611. The number of aromatic nitrogens is 5. The maximum atomic E-state index is 5.15. The predicted octanol–water partition coefficient (Wildman–Crippen LogP) is 0.799. The molecule has 1 N–H and O–H groups in total. The third kappa shape index (κ3) is 0.845. The molecule has 2 aromatic rings. The SMILES string of the molecule is Cc1nc2nn[nH]n2c(=S)c1C. The zero-order chi connectivity index (χ0) is 8.72. The molecule has 0 fully saturated rings. The lowest BCUT2D eigenvalue weighted by Gasteiger charge is -1.98. The molecule has 2 rings (SSSR count). The highest BCUT2D eigenvalue weighted by Crippen LogP contribution is 2.05. The van der Waals surface area contributed by atoms with E-state index in [0.717, 1.165) is 11.3 Å². The summed E-state index contributed by atoms with van der Waals surface area (Å²) < 4.78 is 2.26. The highest BCUT2D eigenvalue weighted by Gasteiger charge is 2.03. The Morgan fingerprint density at radius 3 is 2.92 bits per heavy atom. The summed E-state index contributed by atoms with van der Waals surface area (Å²) in [6.07, 6.45) is 0. The first-order chi connectivity index (χ1) is 5.70. The van der Waals surface area contributed by atoms with Gasteiger partial charge in [-0.05, 0) is 19.1 Å². The van der Waals surface area contributed by atoms with Crippen LogP contribution in [-0.4, -0.2) is 25.0 Å². The fraction of sp³-hybridized carbons (Fsp3) is 0.333. The molecule has 62 valence electrons. The number of aryl methyl sites for hydroxylation is 1. The van der Waals surface area contributed by atoms with Gasteiger partial charge in [0.15, 0.2) is 0 Å². The van der Waals surface area contributed by atoms with Crippen LogP contribution in [0.3, 0.4) is 0 Å². The smallest absolute Gasteiger partial charge is 0.215 e. The highest BCUT2D eigenvalue weighted by atomic mass is 32.1. The second-order valence-corrected chi connectivity index (χ2v) is 2.95. The fourth-order valence-corrected chi connectivity index (χ4v) is 1.24. The third-order valence-corrected chi connectivity index (χ3v) is 2.31. The van der Waals surface area contributed by atoms with E-state index in [1.165, 1.54) is 0 Å². The van der Waals surface area contributed by atoms with E-state index in [4.69, 9.17) is 12.2 Å². The Morgan fingerprint density at radius 1 is 1.42 bits per heavy atom. The van der Waals surface area contributed by atoms with E-state index in [-0.39, 0.29) is 0 Å². The number of nitrogens with zero attached hydrogens (tertiary/aromatic N) is 4. The molecule has 5 nitrogen and oxygen atoms in total. The van der Waals surface area contributed by atoms with Crippen molar-refractivity contribution in [2.75, 3.05) is 0 Å². The van der Waals surface area contributed by atoms with E-state index in [0.29, 0.717) is 10.4 Å². The van der Waals surface area contributed by atoms with Crippen molar-refractivity contribution in [1.29, 1.82) is 0 Å². The van der Waals surface area contributed by atoms with Crippen molar-refractivity contribution in [1.82, 2.24) is 25.0 Å². The first-order valence-corrected chi connectivity index (χ1v) is 3.88. The molecule has 0 atom stereocenters. The summed E-state index contributed by atoms with van der Waals surface area (Å²) in [6.45, 7) is 3.83. The molecule has 2 heterocycles. The number of hydrogen-bond donors (Lipinski definition) is 1. The normalized spacial score (nSPS) is 10.8. The van der Waals surface area contributed by atoms with Gasteiger partial charge in [-0.1, -0.05) is 17.3 Å². The van der Waals surface area contributed by atoms with Crippen LogP contribution >= 0.6 is 12.2 Å². The molecular formula is C6H7N5S. The van der Waals surface area contributed by atoms with Gasteiger partial charge in [-0.2, -0.15) is 9.73 Å². The molecule has 0 aromatic carbocycles.